The van der Waals surface area contributed by atoms with E-state index in [1.54, 1.807) is 23.7 Å². The fraction of sp³-hybridized carbons (Fsp3) is 0.100. The molecule has 0 atom stereocenters. The number of imidazole rings is 1. The Bertz CT molecular complexity index is 507. The van der Waals surface area contributed by atoms with Gasteiger partial charge in [0.25, 0.3) is 0 Å². The minimum absolute atomic E-state index is 0.0672. The van der Waals surface area contributed by atoms with E-state index in [0.717, 1.165) is 0 Å². The van der Waals surface area contributed by atoms with Crippen LogP contribution in [-0.2, 0) is 7.05 Å². The molecule has 5 heteroatoms. The predicted molar refractivity (Wildman–Crippen MR) is 58.0 cm³/mol. The quantitative estimate of drug-likeness (QED) is 0.810. The molecule has 0 saturated heterocycles. The number of nitrogens with zero attached hydrogens (tertiary/aromatic N) is 2. The lowest BCUT2D eigenvalue weighted by atomic mass is 10.1. The van der Waals surface area contributed by atoms with Crippen molar-refractivity contribution in [2.24, 2.45) is 7.05 Å². The van der Waals surface area contributed by atoms with E-state index in [1.807, 2.05) is 0 Å². The van der Waals surface area contributed by atoms with Gasteiger partial charge in [0.05, 0.1) is 11.3 Å². The van der Waals surface area contributed by atoms with Gasteiger partial charge in [-0.3, -0.25) is 0 Å². The molecule has 0 unspecified atom stereocenters. The number of nitrogen functional groups attached to an aromatic ring is 1. The number of aryl methyl sites for hydroxylation is 1. The Morgan fingerprint density at radius 2 is 2.20 bits per heavy atom. The number of nitrogens with two attached hydrogens (primary N) is 1. The third-order valence-electron chi connectivity index (χ3n) is 2.19. The molecule has 15 heavy (non-hydrogen) atoms. The van der Waals surface area contributed by atoms with Crippen LogP contribution in [0, 0.1) is 5.82 Å². The lowest BCUT2D eigenvalue weighted by Gasteiger charge is -2.03. The summed E-state index contributed by atoms with van der Waals surface area (Å²) in [6.45, 7) is 0. The molecule has 3 nitrogen and oxygen atoms in total. The molecule has 0 radical (unpaired) electrons. The molecule has 0 amide bonds. The molecule has 0 aliphatic carbocycles. The molecule has 2 rings (SSSR count). The lowest BCUT2D eigenvalue weighted by molar-refractivity contribution is 0.631. The molecule has 0 aliphatic heterocycles. The fourth-order valence-electron chi connectivity index (χ4n) is 1.33. The Balaban J connectivity index is 2.64. The van der Waals surface area contributed by atoms with Crippen molar-refractivity contribution in [1.82, 2.24) is 9.55 Å². The standard InChI is InChI=1S/C10H9ClFN3/c1-15-5-14-9(10(15)13)6-3-2-4-7(11)8(6)12/h2-5H,13H2,1H3. The van der Waals surface area contributed by atoms with E-state index in [4.69, 9.17) is 17.3 Å². The normalized spacial score (nSPS) is 10.6. The second kappa shape index (κ2) is 3.55. The van der Waals surface area contributed by atoms with Crippen LogP contribution in [0.15, 0.2) is 24.5 Å². The average molecular weight is 226 g/mol. The van der Waals surface area contributed by atoms with Crippen molar-refractivity contribution in [3.05, 3.63) is 35.4 Å². The monoisotopic (exact) mass is 225 g/mol. The summed E-state index contributed by atoms with van der Waals surface area (Å²) >= 11 is 5.67. The zero-order valence-corrected chi connectivity index (χ0v) is 8.79. The summed E-state index contributed by atoms with van der Waals surface area (Å²) in [7, 11) is 1.74. The minimum atomic E-state index is -0.496. The molecule has 1 aromatic carbocycles. The van der Waals surface area contributed by atoms with Crippen LogP contribution in [-0.4, -0.2) is 9.55 Å². The van der Waals surface area contributed by atoms with Gasteiger partial charge < -0.3 is 10.3 Å². The van der Waals surface area contributed by atoms with Crippen molar-refractivity contribution < 1.29 is 4.39 Å². The number of anilines is 1. The number of hydrogen-bond donors (Lipinski definition) is 1. The molecule has 0 aliphatic rings. The van der Waals surface area contributed by atoms with E-state index in [2.05, 4.69) is 4.98 Å². The average Bonchev–Trinajstić information content (AvgIpc) is 2.53. The summed E-state index contributed by atoms with van der Waals surface area (Å²) in [6.07, 6.45) is 1.53. The summed E-state index contributed by atoms with van der Waals surface area (Å²) in [4.78, 5) is 4.03. The Hall–Kier alpha value is -1.55. The van der Waals surface area contributed by atoms with Crippen molar-refractivity contribution in [2.45, 2.75) is 0 Å². The molecule has 1 aromatic heterocycles. The maximum atomic E-state index is 13.6. The molecular weight excluding hydrogens is 217 g/mol. The number of benzene rings is 1. The van der Waals surface area contributed by atoms with Gasteiger partial charge >= 0.3 is 0 Å². The summed E-state index contributed by atoms with van der Waals surface area (Å²) in [5.41, 5.74) is 6.48. The number of rotatable bonds is 1. The highest BCUT2D eigenvalue weighted by molar-refractivity contribution is 6.31. The second-order valence-electron chi connectivity index (χ2n) is 3.19. The maximum absolute atomic E-state index is 13.6. The van der Waals surface area contributed by atoms with Crippen molar-refractivity contribution in [2.75, 3.05) is 5.73 Å². The SMILES string of the molecule is Cn1cnc(-c2cccc(Cl)c2F)c1N. The van der Waals surface area contributed by atoms with Crippen LogP contribution in [0.2, 0.25) is 5.02 Å². The Kier molecular flexibility index (Phi) is 2.36. The molecular formula is C10H9ClFN3. The van der Waals surface area contributed by atoms with Gasteiger partial charge in [-0.15, -0.1) is 0 Å². The molecule has 2 aromatic rings. The highest BCUT2D eigenvalue weighted by Crippen LogP contribution is 2.29. The first-order chi connectivity index (χ1) is 7.11. The van der Waals surface area contributed by atoms with Crippen molar-refractivity contribution in [3.8, 4) is 11.3 Å². The summed E-state index contributed by atoms with van der Waals surface area (Å²) in [5.74, 6) is -0.0827. The number of aromatic nitrogens is 2. The van der Waals surface area contributed by atoms with Crippen molar-refractivity contribution >= 4 is 17.4 Å². The van der Waals surface area contributed by atoms with E-state index in [-0.39, 0.29) is 5.02 Å². The van der Waals surface area contributed by atoms with Gasteiger partial charge in [0.15, 0.2) is 5.82 Å². The third-order valence-corrected chi connectivity index (χ3v) is 2.48. The molecule has 0 spiro atoms. The largest absolute Gasteiger partial charge is 0.383 e. The summed E-state index contributed by atoms with van der Waals surface area (Å²) in [5, 5.41) is 0.0672. The van der Waals surface area contributed by atoms with Crippen LogP contribution in [0.3, 0.4) is 0 Å². The van der Waals surface area contributed by atoms with Crippen LogP contribution in [0.4, 0.5) is 10.2 Å². The van der Waals surface area contributed by atoms with E-state index in [0.29, 0.717) is 17.1 Å². The molecule has 1 heterocycles. The van der Waals surface area contributed by atoms with Crippen molar-refractivity contribution in [3.63, 3.8) is 0 Å². The minimum Gasteiger partial charge on any atom is -0.383 e. The second-order valence-corrected chi connectivity index (χ2v) is 3.60. The van der Waals surface area contributed by atoms with Gasteiger partial charge in [-0.1, -0.05) is 17.7 Å². The van der Waals surface area contributed by atoms with Crippen LogP contribution >= 0.6 is 11.6 Å². The van der Waals surface area contributed by atoms with Crippen LogP contribution in [0.25, 0.3) is 11.3 Å². The van der Waals surface area contributed by atoms with E-state index >= 15 is 0 Å². The van der Waals surface area contributed by atoms with Gasteiger partial charge in [0, 0.05) is 12.6 Å². The first-order valence-corrected chi connectivity index (χ1v) is 4.70. The first kappa shape index (κ1) is 9.98. The predicted octanol–water partition coefficient (Wildman–Crippen LogP) is 2.46. The highest BCUT2D eigenvalue weighted by atomic mass is 35.5. The van der Waals surface area contributed by atoms with E-state index < -0.39 is 5.82 Å². The Morgan fingerprint density at radius 1 is 1.47 bits per heavy atom. The summed E-state index contributed by atoms with van der Waals surface area (Å²) in [6, 6.07) is 4.74. The zero-order valence-electron chi connectivity index (χ0n) is 8.04. The number of hydrogen-bond acceptors (Lipinski definition) is 2. The first-order valence-electron chi connectivity index (χ1n) is 4.32. The van der Waals surface area contributed by atoms with Gasteiger partial charge in [-0.2, -0.15) is 0 Å². The fourth-order valence-corrected chi connectivity index (χ4v) is 1.51. The maximum Gasteiger partial charge on any atom is 0.151 e. The van der Waals surface area contributed by atoms with Crippen LogP contribution in [0.1, 0.15) is 0 Å². The van der Waals surface area contributed by atoms with Crippen molar-refractivity contribution in [1.29, 1.82) is 0 Å². The Morgan fingerprint density at radius 3 is 2.80 bits per heavy atom. The van der Waals surface area contributed by atoms with Gasteiger partial charge in [0.2, 0.25) is 0 Å². The summed E-state index contributed by atoms with van der Waals surface area (Å²) < 4.78 is 15.3. The molecule has 0 saturated carbocycles. The number of halogens is 2. The van der Waals surface area contributed by atoms with E-state index in [9.17, 15) is 4.39 Å². The molecule has 0 fully saturated rings. The van der Waals surface area contributed by atoms with Crippen LogP contribution in [0.5, 0.6) is 0 Å². The zero-order chi connectivity index (χ0) is 11.0. The topological polar surface area (TPSA) is 43.8 Å². The third kappa shape index (κ3) is 1.57. The Labute approximate surface area is 91.3 Å². The van der Waals surface area contributed by atoms with Gasteiger partial charge in [-0.05, 0) is 12.1 Å². The highest BCUT2D eigenvalue weighted by Gasteiger charge is 2.14. The van der Waals surface area contributed by atoms with Crippen LogP contribution < -0.4 is 5.73 Å². The molecule has 0 bridgehead atoms. The molecule has 78 valence electrons. The smallest absolute Gasteiger partial charge is 0.151 e. The van der Waals surface area contributed by atoms with E-state index in [1.165, 1.54) is 12.4 Å². The molecule has 2 N–H and O–H groups in total. The van der Waals surface area contributed by atoms with Gasteiger partial charge in [0.1, 0.15) is 11.5 Å². The lowest BCUT2D eigenvalue weighted by Crippen LogP contribution is -1.97. The van der Waals surface area contributed by atoms with Gasteiger partial charge in [-0.25, -0.2) is 9.37 Å².